The molecule has 0 N–H and O–H groups in total. The first kappa shape index (κ1) is 12.3. The van der Waals surface area contributed by atoms with E-state index in [9.17, 15) is 4.79 Å². The standard InChI is InChI=1S/C13H12BrNOS/c1-9-5-3-4-6-11(9)15(2)13(16)12-10(14)7-8-17-12/h3-8H,1-2H3. The summed E-state index contributed by atoms with van der Waals surface area (Å²) >= 11 is 4.84. The van der Waals surface area contributed by atoms with E-state index in [1.54, 1.807) is 11.9 Å². The molecule has 1 aromatic heterocycles. The van der Waals surface area contributed by atoms with E-state index in [-0.39, 0.29) is 5.91 Å². The Bertz CT molecular complexity index is 550. The fourth-order valence-electron chi connectivity index (χ4n) is 1.65. The van der Waals surface area contributed by atoms with Gasteiger partial charge >= 0.3 is 0 Å². The number of halogens is 1. The van der Waals surface area contributed by atoms with Crippen molar-refractivity contribution in [2.24, 2.45) is 0 Å². The Morgan fingerprint density at radius 3 is 2.59 bits per heavy atom. The number of benzene rings is 1. The summed E-state index contributed by atoms with van der Waals surface area (Å²) in [5.41, 5.74) is 2.04. The normalized spacial score (nSPS) is 10.3. The second-order valence-corrected chi connectivity index (χ2v) is 5.52. The second kappa shape index (κ2) is 5.02. The Kier molecular flexibility index (Phi) is 3.64. The number of amides is 1. The van der Waals surface area contributed by atoms with Crippen LogP contribution in [0.15, 0.2) is 40.2 Å². The lowest BCUT2D eigenvalue weighted by Crippen LogP contribution is -2.26. The third kappa shape index (κ3) is 2.42. The third-order valence-corrected chi connectivity index (χ3v) is 4.42. The van der Waals surface area contributed by atoms with Crippen LogP contribution < -0.4 is 4.90 Å². The van der Waals surface area contributed by atoms with E-state index in [4.69, 9.17) is 0 Å². The first-order chi connectivity index (χ1) is 8.11. The largest absolute Gasteiger partial charge is 0.310 e. The number of rotatable bonds is 2. The van der Waals surface area contributed by atoms with Gasteiger partial charge in [0.2, 0.25) is 0 Å². The summed E-state index contributed by atoms with van der Waals surface area (Å²) in [6.07, 6.45) is 0. The number of thiophene rings is 1. The SMILES string of the molecule is Cc1ccccc1N(C)C(=O)c1sccc1Br. The highest BCUT2D eigenvalue weighted by atomic mass is 79.9. The lowest BCUT2D eigenvalue weighted by Gasteiger charge is -2.18. The molecule has 1 heterocycles. The molecule has 0 radical (unpaired) electrons. The third-order valence-electron chi connectivity index (χ3n) is 2.59. The van der Waals surface area contributed by atoms with Crippen molar-refractivity contribution in [2.45, 2.75) is 6.92 Å². The lowest BCUT2D eigenvalue weighted by atomic mass is 10.2. The molecule has 88 valence electrons. The molecule has 0 bridgehead atoms. The van der Waals surface area contributed by atoms with Gasteiger partial charge in [-0.15, -0.1) is 11.3 Å². The summed E-state index contributed by atoms with van der Waals surface area (Å²) in [5, 5.41) is 1.91. The van der Waals surface area contributed by atoms with Crippen molar-refractivity contribution in [3.05, 3.63) is 50.6 Å². The molecule has 1 amide bonds. The van der Waals surface area contributed by atoms with Crippen LogP contribution in [0.25, 0.3) is 0 Å². The highest BCUT2D eigenvalue weighted by Gasteiger charge is 2.18. The van der Waals surface area contributed by atoms with Crippen LogP contribution in [-0.2, 0) is 0 Å². The van der Waals surface area contributed by atoms with Crippen molar-refractivity contribution in [1.29, 1.82) is 0 Å². The Hall–Kier alpha value is -1.13. The zero-order valence-corrected chi connectivity index (χ0v) is 12.0. The Balaban J connectivity index is 2.33. The van der Waals surface area contributed by atoms with Gasteiger partial charge in [0.1, 0.15) is 4.88 Å². The minimum atomic E-state index is 0.0150. The van der Waals surface area contributed by atoms with Gasteiger partial charge in [-0.25, -0.2) is 0 Å². The van der Waals surface area contributed by atoms with Crippen molar-refractivity contribution in [3.63, 3.8) is 0 Å². The van der Waals surface area contributed by atoms with Gasteiger partial charge in [0, 0.05) is 17.2 Å². The maximum Gasteiger partial charge on any atom is 0.269 e. The maximum atomic E-state index is 12.3. The molecule has 0 aliphatic heterocycles. The molecular formula is C13H12BrNOS. The van der Waals surface area contributed by atoms with Crippen molar-refractivity contribution in [3.8, 4) is 0 Å². The molecule has 0 aliphatic carbocycles. The molecule has 1 aromatic carbocycles. The highest BCUT2D eigenvalue weighted by molar-refractivity contribution is 9.10. The van der Waals surface area contributed by atoms with Crippen molar-refractivity contribution >= 4 is 38.9 Å². The summed E-state index contributed by atoms with van der Waals surface area (Å²) in [6, 6.07) is 9.76. The predicted octanol–water partition coefficient (Wildman–Crippen LogP) is 4.10. The average molecular weight is 310 g/mol. The van der Waals surface area contributed by atoms with Crippen molar-refractivity contribution < 1.29 is 4.79 Å². The average Bonchev–Trinajstić information content (AvgIpc) is 2.74. The molecule has 17 heavy (non-hydrogen) atoms. The lowest BCUT2D eigenvalue weighted by molar-refractivity contribution is 0.0996. The molecule has 2 aromatic rings. The highest BCUT2D eigenvalue weighted by Crippen LogP contribution is 2.27. The zero-order chi connectivity index (χ0) is 12.4. The summed E-state index contributed by atoms with van der Waals surface area (Å²) in [4.78, 5) is 14.7. The minimum absolute atomic E-state index is 0.0150. The molecule has 0 atom stereocenters. The van der Waals surface area contributed by atoms with Gasteiger partial charge in [-0.3, -0.25) is 4.79 Å². The van der Waals surface area contributed by atoms with Gasteiger partial charge in [0.05, 0.1) is 0 Å². The van der Waals surface area contributed by atoms with Crippen LogP contribution >= 0.6 is 27.3 Å². The van der Waals surface area contributed by atoms with Gasteiger partial charge in [-0.1, -0.05) is 18.2 Å². The molecule has 0 saturated carbocycles. The van der Waals surface area contributed by atoms with Crippen LogP contribution in [0.2, 0.25) is 0 Å². The summed E-state index contributed by atoms with van der Waals surface area (Å²) < 4.78 is 0.855. The van der Waals surface area contributed by atoms with Crippen LogP contribution in [0.4, 0.5) is 5.69 Å². The van der Waals surface area contributed by atoms with Gasteiger partial charge in [-0.05, 0) is 45.9 Å². The Morgan fingerprint density at radius 1 is 1.29 bits per heavy atom. The topological polar surface area (TPSA) is 20.3 Å². The fraction of sp³-hybridized carbons (Fsp3) is 0.154. The molecule has 4 heteroatoms. The van der Waals surface area contributed by atoms with Gasteiger partial charge < -0.3 is 4.90 Å². The number of hydrogen-bond acceptors (Lipinski definition) is 2. The van der Waals surface area contributed by atoms with Gasteiger partial charge in [0.15, 0.2) is 0 Å². The summed E-state index contributed by atoms with van der Waals surface area (Å²) in [7, 11) is 1.80. The van der Waals surface area contributed by atoms with Crippen LogP contribution in [0.1, 0.15) is 15.2 Å². The zero-order valence-electron chi connectivity index (χ0n) is 9.61. The van der Waals surface area contributed by atoms with Crippen LogP contribution in [-0.4, -0.2) is 13.0 Å². The van der Waals surface area contributed by atoms with Crippen LogP contribution in [0.3, 0.4) is 0 Å². The molecule has 2 rings (SSSR count). The first-order valence-electron chi connectivity index (χ1n) is 5.18. The van der Waals surface area contributed by atoms with Crippen LogP contribution in [0.5, 0.6) is 0 Å². The van der Waals surface area contributed by atoms with Crippen LogP contribution in [0, 0.1) is 6.92 Å². The Morgan fingerprint density at radius 2 is 2.00 bits per heavy atom. The number of hydrogen-bond donors (Lipinski definition) is 0. The molecule has 0 spiro atoms. The van der Waals surface area contributed by atoms with Gasteiger partial charge in [-0.2, -0.15) is 0 Å². The quantitative estimate of drug-likeness (QED) is 0.818. The molecule has 2 nitrogen and oxygen atoms in total. The van der Waals surface area contributed by atoms with Crippen molar-refractivity contribution in [1.82, 2.24) is 0 Å². The van der Waals surface area contributed by atoms with E-state index >= 15 is 0 Å². The minimum Gasteiger partial charge on any atom is -0.310 e. The van der Waals surface area contributed by atoms with E-state index < -0.39 is 0 Å². The van der Waals surface area contributed by atoms with E-state index in [2.05, 4.69) is 15.9 Å². The Labute approximate surface area is 113 Å². The number of carbonyl (C=O) groups is 1. The smallest absolute Gasteiger partial charge is 0.269 e. The summed E-state index contributed by atoms with van der Waals surface area (Å²) in [5.74, 6) is 0.0150. The van der Waals surface area contributed by atoms with Crippen molar-refractivity contribution in [2.75, 3.05) is 11.9 Å². The van der Waals surface area contributed by atoms with E-state index in [0.29, 0.717) is 0 Å². The van der Waals surface area contributed by atoms with E-state index in [1.807, 2.05) is 42.6 Å². The molecule has 0 saturated heterocycles. The van der Waals surface area contributed by atoms with E-state index in [0.717, 1.165) is 20.6 Å². The number of anilines is 1. The maximum absolute atomic E-state index is 12.3. The molecular weight excluding hydrogens is 298 g/mol. The first-order valence-corrected chi connectivity index (χ1v) is 6.85. The van der Waals surface area contributed by atoms with E-state index in [1.165, 1.54) is 11.3 Å². The van der Waals surface area contributed by atoms with Gasteiger partial charge in [0.25, 0.3) is 5.91 Å². The number of carbonyl (C=O) groups excluding carboxylic acids is 1. The summed E-state index contributed by atoms with van der Waals surface area (Å²) in [6.45, 7) is 2.00. The molecule has 0 aliphatic rings. The number of para-hydroxylation sites is 1. The molecule has 0 fully saturated rings. The number of aryl methyl sites for hydroxylation is 1. The predicted molar refractivity (Wildman–Crippen MR) is 75.9 cm³/mol. The monoisotopic (exact) mass is 309 g/mol. The fourth-order valence-corrected chi connectivity index (χ4v) is 3.16. The molecule has 0 unspecified atom stereocenters. The number of nitrogens with zero attached hydrogens (tertiary/aromatic N) is 1. The second-order valence-electron chi connectivity index (χ2n) is 3.75.